The van der Waals surface area contributed by atoms with Gasteiger partial charge in [-0.05, 0) is 93.6 Å². The Balaban J connectivity index is 0.757. The number of benzene rings is 4. The number of aromatic nitrogens is 2. The van der Waals surface area contributed by atoms with E-state index in [4.69, 9.17) is 26.8 Å². The Morgan fingerprint density at radius 3 is 2.36 bits per heavy atom. The minimum atomic E-state index is -1.15. The summed E-state index contributed by atoms with van der Waals surface area (Å²) < 4.78 is 90.9. The van der Waals surface area contributed by atoms with Crippen LogP contribution in [-0.4, -0.2) is 108 Å². The van der Waals surface area contributed by atoms with Gasteiger partial charge in [0.05, 0.1) is 16.0 Å². The number of nitrogens with zero attached hydrogens (tertiary/aromatic N) is 5. The molecule has 5 aromatic rings. The summed E-state index contributed by atoms with van der Waals surface area (Å²) >= 11 is 6.69. The first-order valence-corrected chi connectivity index (χ1v) is 25.7. The number of amides is 5. The Kier molecular flexibility index (Phi) is 14.4. The van der Waals surface area contributed by atoms with Crippen molar-refractivity contribution in [2.45, 2.75) is 81.8 Å². The summed E-state index contributed by atoms with van der Waals surface area (Å²) in [6.45, 7) is 4.21. The van der Waals surface area contributed by atoms with Crippen LogP contribution in [0.3, 0.4) is 0 Å². The van der Waals surface area contributed by atoms with Crippen LogP contribution >= 0.6 is 11.6 Å². The van der Waals surface area contributed by atoms with Gasteiger partial charge in [-0.2, -0.15) is 5.10 Å². The van der Waals surface area contributed by atoms with E-state index < -0.39 is 70.9 Å². The van der Waals surface area contributed by atoms with E-state index in [0.29, 0.717) is 70.3 Å². The lowest BCUT2D eigenvalue weighted by Gasteiger charge is -2.37. The van der Waals surface area contributed by atoms with Crippen molar-refractivity contribution in [3.63, 3.8) is 0 Å². The Morgan fingerprint density at radius 1 is 0.919 bits per heavy atom. The first-order chi connectivity index (χ1) is 35.6. The molecule has 392 valence electrons. The molecule has 1 aromatic heterocycles. The highest BCUT2D eigenvalue weighted by atomic mass is 35.5. The van der Waals surface area contributed by atoms with Gasteiger partial charge < -0.3 is 30.3 Å². The number of aryl methyl sites for hydroxylation is 1. The van der Waals surface area contributed by atoms with Crippen molar-refractivity contribution in [3.05, 3.63) is 105 Å². The van der Waals surface area contributed by atoms with E-state index in [1.807, 2.05) is 42.2 Å². The molecule has 0 spiro atoms. The number of nitrogens with two attached hydrogens (primary N) is 1. The number of nitrogens with one attached hydrogen (secondary N) is 2. The van der Waals surface area contributed by atoms with E-state index in [9.17, 15) is 23.6 Å². The summed E-state index contributed by atoms with van der Waals surface area (Å²) in [6.07, 6.45) is 4.80. The minimum Gasteiger partial charge on any atom is -0.488 e. The highest BCUT2D eigenvalue weighted by Gasteiger charge is 2.50. The summed E-state index contributed by atoms with van der Waals surface area (Å²) in [7, 11) is 1.55. The van der Waals surface area contributed by atoms with Crippen LogP contribution in [0, 0.1) is 35.1 Å². The number of piperidine rings is 1. The number of carbonyl (C=O) groups is 4. The van der Waals surface area contributed by atoms with Crippen LogP contribution in [0.5, 0.6) is 11.5 Å². The standard InChI is InChI=1S/C54H58ClF5N8O6/c1-29-42-40(25-38(58)46(55)45(42)44-35(50(61)70)12-13-39(47(44)59)73-23-18-56)74-54(29,33-6-4-3-5-7-33)28-62-34-10-8-32(9-11-34)52(71)67-21-14-30(27-67)26-66-19-15-31(16-20-66)43-37(57)24-36-49(48(43)60)65(2)64-51(36)68-22-17-41(69)63-53(68)72/h3-7,12-13,24-25,29-32,34,62H,8-11,14-23,26-28H2,1-2H3,(H2,61,70)(H,63,69,72). The fourth-order valence-electron chi connectivity index (χ4n) is 12.2. The highest BCUT2D eigenvalue weighted by Crippen LogP contribution is 2.57. The number of urea groups is 1. The fraction of sp³-hybridized carbons (Fsp3) is 0.463. The number of halogens is 6. The van der Waals surface area contributed by atoms with Gasteiger partial charge in [-0.25, -0.2) is 26.7 Å². The van der Waals surface area contributed by atoms with Gasteiger partial charge in [0, 0.05) is 92.4 Å². The molecule has 3 unspecified atom stereocenters. The van der Waals surface area contributed by atoms with Gasteiger partial charge in [0.15, 0.2) is 28.8 Å². The molecule has 4 fully saturated rings. The predicted octanol–water partition coefficient (Wildman–Crippen LogP) is 8.61. The summed E-state index contributed by atoms with van der Waals surface area (Å²) in [5, 5.41) is 10.0. The van der Waals surface area contributed by atoms with Gasteiger partial charge in [0.2, 0.25) is 17.7 Å². The van der Waals surface area contributed by atoms with Gasteiger partial charge in [-0.3, -0.25) is 29.3 Å². The van der Waals surface area contributed by atoms with Gasteiger partial charge in [0.1, 0.15) is 36.2 Å². The molecule has 5 heterocycles. The molecule has 1 aliphatic carbocycles. The molecule has 74 heavy (non-hydrogen) atoms. The summed E-state index contributed by atoms with van der Waals surface area (Å²) in [5.41, 5.74) is 5.09. The lowest BCUT2D eigenvalue weighted by Crippen LogP contribution is -2.49. The molecule has 5 amide bonds. The number of fused-ring (bicyclic) bond motifs is 2. The SMILES string of the molecule is CC1c2c(cc(F)c(Cl)c2-c2c(C(N)=O)ccc(OCCF)c2F)OC1(CNC1CCC(C(=O)N2CCC(CN3CCC(c4c(F)cc5c(N6CCC(=O)NC6=O)nn(C)c5c4F)CC3)C2)CC1)c1ccccc1. The number of ether oxygens (including phenoxy) is 2. The van der Waals surface area contributed by atoms with Crippen LogP contribution in [0.4, 0.5) is 32.6 Å². The first-order valence-electron chi connectivity index (χ1n) is 25.4. The van der Waals surface area contributed by atoms with Crippen molar-refractivity contribution in [2.24, 2.45) is 24.6 Å². The third-order valence-corrected chi connectivity index (χ3v) is 16.4. The molecule has 10 rings (SSSR count). The number of anilines is 1. The van der Waals surface area contributed by atoms with Crippen molar-refractivity contribution >= 4 is 52.1 Å². The smallest absolute Gasteiger partial charge is 0.329 e. The minimum absolute atomic E-state index is 0.0118. The van der Waals surface area contributed by atoms with E-state index in [1.54, 1.807) is 7.05 Å². The molecule has 5 aliphatic rings. The fourth-order valence-corrected chi connectivity index (χ4v) is 12.5. The molecule has 3 atom stereocenters. The average molecular weight is 1050 g/mol. The monoisotopic (exact) mass is 1040 g/mol. The molecule has 0 bridgehead atoms. The molecule has 4 aromatic carbocycles. The number of alkyl halides is 1. The van der Waals surface area contributed by atoms with E-state index in [2.05, 4.69) is 20.6 Å². The second kappa shape index (κ2) is 20.8. The van der Waals surface area contributed by atoms with Crippen molar-refractivity contribution in [3.8, 4) is 22.6 Å². The van der Waals surface area contributed by atoms with Gasteiger partial charge >= 0.3 is 6.03 Å². The molecular formula is C54H58ClF5N8O6. The first kappa shape index (κ1) is 51.2. The molecular weight excluding hydrogens is 987 g/mol. The maximum absolute atomic E-state index is 16.4. The number of carbonyl (C=O) groups excluding carboxylic acids is 4. The number of primary amides is 1. The third kappa shape index (κ3) is 9.33. The lowest BCUT2D eigenvalue weighted by molar-refractivity contribution is -0.135. The average Bonchev–Trinajstić information content (AvgIpc) is 4.07. The number of likely N-dealkylation sites (tertiary alicyclic amines) is 2. The maximum atomic E-state index is 16.4. The summed E-state index contributed by atoms with van der Waals surface area (Å²) in [6, 6.07) is 13.5. The largest absolute Gasteiger partial charge is 0.488 e. The Hall–Kier alpha value is -6.31. The molecule has 20 heteroatoms. The summed E-state index contributed by atoms with van der Waals surface area (Å²) in [4.78, 5) is 56.6. The van der Waals surface area contributed by atoms with E-state index >= 15 is 17.6 Å². The zero-order chi connectivity index (χ0) is 52.2. The van der Waals surface area contributed by atoms with Crippen LogP contribution < -0.4 is 30.7 Å². The Bertz CT molecular complexity index is 3020. The van der Waals surface area contributed by atoms with E-state index in [1.165, 1.54) is 27.8 Å². The zero-order valence-electron chi connectivity index (χ0n) is 41.1. The maximum Gasteiger partial charge on any atom is 0.329 e. The molecule has 3 saturated heterocycles. The highest BCUT2D eigenvalue weighted by molar-refractivity contribution is 6.34. The number of rotatable bonds is 14. The van der Waals surface area contributed by atoms with Gasteiger partial charge in [-0.1, -0.05) is 48.9 Å². The van der Waals surface area contributed by atoms with E-state index in [0.717, 1.165) is 24.6 Å². The van der Waals surface area contributed by atoms with Gasteiger partial charge in [0.25, 0.3) is 0 Å². The van der Waals surface area contributed by atoms with Crippen molar-refractivity contribution < 1.29 is 50.6 Å². The zero-order valence-corrected chi connectivity index (χ0v) is 41.9. The molecule has 4 N–H and O–H groups in total. The number of hydrogen-bond donors (Lipinski definition) is 3. The lowest BCUT2D eigenvalue weighted by atomic mass is 9.77. The summed E-state index contributed by atoms with van der Waals surface area (Å²) in [5.74, 6) is -5.55. The number of hydrogen-bond acceptors (Lipinski definition) is 9. The van der Waals surface area contributed by atoms with Crippen LogP contribution in [0.1, 0.15) is 97.2 Å². The topological polar surface area (TPSA) is 164 Å². The second-order valence-electron chi connectivity index (χ2n) is 20.4. The normalized spacial score (nSPS) is 23.6. The molecule has 14 nitrogen and oxygen atoms in total. The molecule has 0 radical (unpaired) electrons. The van der Waals surface area contributed by atoms with Crippen LogP contribution in [0.25, 0.3) is 22.0 Å². The number of imide groups is 1. The molecule has 1 saturated carbocycles. The Labute approximate surface area is 429 Å². The second-order valence-corrected chi connectivity index (χ2v) is 20.7. The van der Waals surface area contributed by atoms with Crippen molar-refractivity contribution in [1.82, 2.24) is 30.2 Å². The Morgan fingerprint density at radius 2 is 1.66 bits per heavy atom. The molecule has 4 aliphatic heterocycles. The van der Waals surface area contributed by atoms with Gasteiger partial charge in [-0.15, -0.1) is 0 Å². The van der Waals surface area contributed by atoms with E-state index in [-0.39, 0.29) is 99.7 Å². The quantitative estimate of drug-likeness (QED) is 0.0925. The van der Waals surface area contributed by atoms with Crippen molar-refractivity contribution in [1.29, 1.82) is 0 Å². The predicted molar refractivity (Wildman–Crippen MR) is 267 cm³/mol. The van der Waals surface area contributed by atoms with Crippen LogP contribution in [0.2, 0.25) is 5.02 Å². The van der Waals surface area contributed by atoms with Crippen LogP contribution in [-0.2, 0) is 22.2 Å². The van der Waals surface area contributed by atoms with Crippen LogP contribution in [0.15, 0.2) is 54.6 Å². The van der Waals surface area contributed by atoms with Crippen molar-refractivity contribution in [2.75, 3.05) is 64.0 Å². The third-order valence-electron chi connectivity index (χ3n) is 16.1.